The fraction of sp³-hybridized carbons (Fsp3) is 0.200. The van der Waals surface area contributed by atoms with Gasteiger partial charge in [-0.3, -0.25) is 4.79 Å². The molecule has 2 aromatic rings. The van der Waals surface area contributed by atoms with Crippen molar-refractivity contribution in [3.8, 4) is 0 Å². The molecule has 28 heavy (non-hydrogen) atoms. The Morgan fingerprint density at radius 2 is 1.75 bits per heavy atom. The van der Waals surface area contributed by atoms with Gasteiger partial charge < -0.3 is 20.9 Å². The van der Waals surface area contributed by atoms with E-state index in [-0.39, 0.29) is 11.3 Å². The third-order valence-electron chi connectivity index (χ3n) is 4.43. The first-order chi connectivity index (χ1) is 13.3. The van der Waals surface area contributed by atoms with Crippen LogP contribution in [0.3, 0.4) is 0 Å². The van der Waals surface area contributed by atoms with Crippen LogP contribution in [0, 0.1) is 11.6 Å². The molecule has 0 unspecified atom stereocenters. The van der Waals surface area contributed by atoms with Crippen molar-refractivity contribution in [3.05, 3.63) is 70.9 Å². The standard InChI is InChI=1S/C20H20F2N4O2/c1-11-17(19(27)24-13-6-9-15(21)16(22)10-13)18(25-20(28)23-11)12-4-7-14(8-5-12)26(2)3/h4-10,18H,1-3H3,(H,24,27)(H2,23,25,28)/t18-/m0/s1. The average molecular weight is 386 g/mol. The van der Waals surface area contributed by atoms with Gasteiger partial charge in [0, 0.05) is 37.2 Å². The molecule has 1 aliphatic heterocycles. The number of urea groups is 1. The van der Waals surface area contributed by atoms with Crippen LogP contribution in [0.15, 0.2) is 53.7 Å². The van der Waals surface area contributed by atoms with E-state index in [0.717, 1.165) is 23.4 Å². The third kappa shape index (κ3) is 3.95. The van der Waals surface area contributed by atoms with Crippen molar-refractivity contribution < 1.29 is 18.4 Å². The molecule has 8 heteroatoms. The van der Waals surface area contributed by atoms with Gasteiger partial charge in [-0.1, -0.05) is 12.1 Å². The van der Waals surface area contributed by atoms with Gasteiger partial charge in [-0.05, 0) is 36.8 Å². The number of amides is 3. The summed E-state index contributed by atoms with van der Waals surface area (Å²) in [5, 5.41) is 7.86. The van der Waals surface area contributed by atoms with Crippen molar-refractivity contribution in [2.24, 2.45) is 0 Å². The number of carbonyl (C=O) groups excluding carboxylic acids is 2. The van der Waals surface area contributed by atoms with Crippen molar-refractivity contribution in [3.63, 3.8) is 0 Å². The molecular formula is C20H20F2N4O2. The van der Waals surface area contributed by atoms with Crippen LogP contribution < -0.4 is 20.9 Å². The number of hydrogen-bond donors (Lipinski definition) is 3. The summed E-state index contributed by atoms with van der Waals surface area (Å²) in [5.74, 6) is -2.59. The number of carbonyl (C=O) groups is 2. The van der Waals surface area contributed by atoms with Crippen LogP contribution in [-0.4, -0.2) is 26.0 Å². The van der Waals surface area contributed by atoms with Crippen LogP contribution in [0.5, 0.6) is 0 Å². The van der Waals surface area contributed by atoms with Gasteiger partial charge in [-0.25, -0.2) is 13.6 Å². The molecule has 0 aliphatic carbocycles. The molecule has 3 rings (SSSR count). The predicted molar refractivity (Wildman–Crippen MR) is 103 cm³/mol. The summed E-state index contributed by atoms with van der Waals surface area (Å²) in [6.45, 7) is 1.61. The van der Waals surface area contributed by atoms with Gasteiger partial charge in [0.15, 0.2) is 11.6 Å². The second-order valence-corrected chi connectivity index (χ2v) is 6.64. The number of allylic oxidation sites excluding steroid dienone is 1. The van der Waals surface area contributed by atoms with Gasteiger partial charge in [-0.2, -0.15) is 0 Å². The highest BCUT2D eigenvalue weighted by molar-refractivity contribution is 6.06. The van der Waals surface area contributed by atoms with E-state index >= 15 is 0 Å². The molecule has 0 aromatic heterocycles. The minimum Gasteiger partial charge on any atom is -0.378 e. The van der Waals surface area contributed by atoms with Gasteiger partial charge in [0.2, 0.25) is 0 Å². The number of nitrogens with zero attached hydrogens (tertiary/aromatic N) is 1. The SMILES string of the molecule is CC1=C(C(=O)Nc2ccc(F)c(F)c2)[C@H](c2ccc(N(C)C)cc2)NC(=O)N1. The fourth-order valence-corrected chi connectivity index (χ4v) is 2.98. The zero-order chi connectivity index (χ0) is 20.4. The zero-order valence-electron chi connectivity index (χ0n) is 15.6. The summed E-state index contributed by atoms with van der Waals surface area (Å²) < 4.78 is 26.5. The van der Waals surface area contributed by atoms with Gasteiger partial charge in [-0.15, -0.1) is 0 Å². The second-order valence-electron chi connectivity index (χ2n) is 6.64. The number of anilines is 2. The van der Waals surface area contributed by atoms with Gasteiger partial charge >= 0.3 is 6.03 Å². The molecule has 146 valence electrons. The van der Waals surface area contributed by atoms with E-state index in [4.69, 9.17) is 0 Å². The molecule has 1 heterocycles. The van der Waals surface area contributed by atoms with Crippen molar-refractivity contribution in [2.75, 3.05) is 24.3 Å². The molecule has 0 saturated carbocycles. The van der Waals surface area contributed by atoms with Crippen molar-refractivity contribution >= 4 is 23.3 Å². The maximum Gasteiger partial charge on any atom is 0.319 e. The molecular weight excluding hydrogens is 366 g/mol. The Morgan fingerprint density at radius 1 is 1.07 bits per heavy atom. The lowest BCUT2D eigenvalue weighted by molar-refractivity contribution is -0.113. The summed E-state index contributed by atoms with van der Waals surface area (Å²) in [7, 11) is 3.82. The summed E-state index contributed by atoms with van der Waals surface area (Å²) >= 11 is 0. The van der Waals surface area contributed by atoms with E-state index in [0.29, 0.717) is 5.70 Å². The van der Waals surface area contributed by atoms with Crippen LogP contribution >= 0.6 is 0 Å². The maximum absolute atomic E-state index is 13.4. The Balaban J connectivity index is 1.92. The van der Waals surface area contributed by atoms with E-state index in [2.05, 4.69) is 16.0 Å². The molecule has 0 spiro atoms. The van der Waals surface area contributed by atoms with Crippen LogP contribution in [0.1, 0.15) is 18.5 Å². The van der Waals surface area contributed by atoms with Gasteiger partial charge in [0.05, 0.1) is 11.6 Å². The van der Waals surface area contributed by atoms with Crippen molar-refractivity contribution in [2.45, 2.75) is 13.0 Å². The van der Waals surface area contributed by atoms with Crippen LogP contribution in [-0.2, 0) is 4.79 Å². The molecule has 1 atom stereocenters. The highest BCUT2D eigenvalue weighted by Crippen LogP contribution is 2.29. The summed E-state index contributed by atoms with van der Waals surface area (Å²) in [4.78, 5) is 26.7. The minimum atomic E-state index is -1.06. The van der Waals surface area contributed by atoms with Crippen molar-refractivity contribution in [1.82, 2.24) is 10.6 Å². The van der Waals surface area contributed by atoms with Crippen LogP contribution in [0.4, 0.5) is 25.0 Å². The molecule has 3 N–H and O–H groups in total. The first-order valence-corrected chi connectivity index (χ1v) is 8.58. The Hall–Kier alpha value is -3.42. The summed E-state index contributed by atoms with van der Waals surface area (Å²) in [5.41, 5.74) is 2.46. The fourth-order valence-electron chi connectivity index (χ4n) is 2.98. The molecule has 0 fully saturated rings. The monoisotopic (exact) mass is 386 g/mol. The Morgan fingerprint density at radius 3 is 2.36 bits per heavy atom. The van der Waals surface area contributed by atoms with E-state index < -0.39 is 29.6 Å². The van der Waals surface area contributed by atoms with Crippen LogP contribution in [0.25, 0.3) is 0 Å². The van der Waals surface area contributed by atoms with E-state index in [1.165, 1.54) is 6.07 Å². The van der Waals surface area contributed by atoms with Gasteiger partial charge in [0.25, 0.3) is 5.91 Å². The van der Waals surface area contributed by atoms with Gasteiger partial charge in [0.1, 0.15) is 0 Å². The van der Waals surface area contributed by atoms with E-state index in [1.807, 2.05) is 43.3 Å². The molecule has 0 radical (unpaired) electrons. The molecule has 2 aromatic carbocycles. The average Bonchev–Trinajstić information content (AvgIpc) is 2.64. The molecule has 0 saturated heterocycles. The lowest BCUT2D eigenvalue weighted by Crippen LogP contribution is -2.46. The zero-order valence-corrected chi connectivity index (χ0v) is 15.6. The minimum absolute atomic E-state index is 0.114. The lowest BCUT2D eigenvalue weighted by Gasteiger charge is -2.29. The lowest BCUT2D eigenvalue weighted by atomic mass is 9.94. The Bertz CT molecular complexity index is 955. The highest BCUT2D eigenvalue weighted by Gasteiger charge is 2.31. The Labute approximate surface area is 161 Å². The highest BCUT2D eigenvalue weighted by atomic mass is 19.2. The number of rotatable bonds is 4. The quantitative estimate of drug-likeness (QED) is 0.755. The number of nitrogens with one attached hydrogen (secondary N) is 3. The summed E-state index contributed by atoms with van der Waals surface area (Å²) in [6, 6.07) is 9.39. The molecule has 0 bridgehead atoms. The number of benzene rings is 2. The van der Waals surface area contributed by atoms with E-state index in [1.54, 1.807) is 6.92 Å². The van der Waals surface area contributed by atoms with Crippen LogP contribution in [0.2, 0.25) is 0 Å². The Kier molecular flexibility index (Phi) is 5.30. The number of halogens is 2. The summed E-state index contributed by atoms with van der Waals surface area (Å²) in [6.07, 6.45) is 0. The molecule has 6 nitrogen and oxygen atoms in total. The number of hydrogen-bond acceptors (Lipinski definition) is 3. The van der Waals surface area contributed by atoms with E-state index in [9.17, 15) is 18.4 Å². The smallest absolute Gasteiger partial charge is 0.319 e. The second kappa shape index (κ2) is 7.67. The topological polar surface area (TPSA) is 73.5 Å². The van der Waals surface area contributed by atoms with Crippen molar-refractivity contribution in [1.29, 1.82) is 0 Å². The molecule has 3 amide bonds. The first-order valence-electron chi connectivity index (χ1n) is 8.58. The molecule has 1 aliphatic rings. The predicted octanol–water partition coefficient (Wildman–Crippen LogP) is 3.30. The third-order valence-corrected chi connectivity index (χ3v) is 4.43. The maximum atomic E-state index is 13.4. The normalized spacial score (nSPS) is 16.3. The first kappa shape index (κ1) is 19.3. The largest absolute Gasteiger partial charge is 0.378 e.